The maximum Gasteiger partial charge on any atom is 0.260 e. The van der Waals surface area contributed by atoms with Crippen molar-refractivity contribution >= 4 is 33.1 Å². The molecule has 0 aliphatic rings. The summed E-state index contributed by atoms with van der Waals surface area (Å²) in [5, 5.41) is 0.818. The van der Waals surface area contributed by atoms with E-state index in [1.807, 2.05) is 12.1 Å². The Morgan fingerprint density at radius 3 is 2.88 bits per heavy atom. The van der Waals surface area contributed by atoms with Gasteiger partial charge in [-0.1, -0.05) is 13.3 Å². The van der Waals surface area contributed by atoms with Crippen molar-refractivity contribution in [2.45, 2.75) is 19.8 Å². The highest BCUT2D eigenvalue weighted by Gasteiger charge is 2.14. The first-order valence-electron chi connectivity index (χ1n) is 5.11. The summed E-state index contributed by atoms with van der Waals surface area (Å²) in [7, 11) is 0. The molecule has 1 amide bonds. The summed E-state index contributed by atoms with van der Waals surface area (Å²) in [4.78, 5) is 16.8. The minimum absolute atomic E-state index is 0.399. The topological polar surface area (TPSA) is 82.0 Å². The van der Waals surface area contributed by atoms with Gasteiger partial charge in [-0.3, -0.25) is 4.79 Å². The van der Waals surface area contributed by atoms with Crippen molar-refractivity contribution < 1.29 is 4.79 Å². The molecule has 2 aromatic heterocycles. The molecular weight excluding hydrogens is 222 g/mol. The summed E-state index contributed by atoms with van der Waals surface area (Å²) in [5.41, 5.74) is 12.5. The molecule has 0 atom stereocenters. The van der Waals surface area contributed by atoms with Gasteiger partial charge in [-0.25, -0.2) is 4.98 Å². The highest BCUT2D eigenvalue weighted by molar-refractivity contribution is 7.21. The number of amides is 1. The fourth-order valence-electron chi connectivity index (χ4n) is 1.61. The van der Waals surface area contributed by atoms with Crippen LogP contribution in [0.3, 0.4) is 0 Å². The van der Waals surface area contributed by atoms with Crippen LogP contribution in [0, 0.1) is 0 Å². The van der Waals surface area contributed by atoms with E-state index < -0.39 is 5.91 Å². The van der Waals surface area contributed by atoms with E-state index in [2.05, 4.69) is 11.9 Å². The fraction of sp³-hybridized carbons (Fsp3) is 0.273. The number of hydrogen-bond donors (Lipinski definition) is 2. The Kier molecular flexibility index (Phi) is 2.78. The summed E-state index contributed by atoms with van der Waals surface area (Å²) in [6, 6.07) is 3.85. The minimum Gasteiger partial charge on any atom is -0.397 e. The molecule has 2 rings (SSSR count). The van der Waals surface area contributed by atoms with Crippen molar-refractivity contribution in [3.8, 4) is 0 Å². The second-order valence-corrected chi connectivity index (χ2v) is 4.61. The van der Waals surface area contributed by atoms with Crippen molar-refractivity contribution in [3.05, 3.63) is 22.7 Å². The molecule has 0 unspecified atom stereocenters. The van der Waals surface area contributed by atoms with E-state index in [0.717, 1.165) is 28.8 Å². The first-order chi connectivity index (χ1) is 7.63. The normalized spacial score (nSPS) is 10.8. The molecule has 4 N–H and O–H groups in total. The number of hydrogen-bond acceptors (Lipinski definition) is 4. The summed E-state index contributed by atoms with van der Waals surface area (Å²) in [5.74, 6) is -0.488. The van der Waals surface area contributed by atoms with Crippen molar-refractivity contribution in [3.63, 3.8) is 0 Å². The van der Waals surface area contributed by atoms with E-state index in [1.165, 1.54) is 11.3 Å². The first-order valence-corrected chi connectivity index (χ1v) is 5.92. The van der Waals surface area contributed by atoms with Gasteiger partial charge in [-0.05, 0) is 18.6 Å². The number of carbonyl (C=O) groups is 1. The van der Waals surface area contributed by atoms with Crippen molar-refractivity contribution in [2.75, 3.05) is 5.73 Å². The molecule has 0 bridgehead atoms. The average molecular weight is 235 g/mol. The zero-order valence-electron chi connectivity index (χ0n) is 8.99. The van der Waals surface area contributed by atoms with Crippen molar-refractivity contribution in [1.82, 2.24) is 4.98 Å². The van der Waals surface area contributed by atoms with E-state index in [1.54, 1.807) is 0 Å². The molecule has 2 heterocycles. The van der Waals surface area contributed by atoms with E-state index in [-0.39, 0.29) is 0 Å². The number of thiophene rings is 1. The molecule has 0 aromatic carbocycles. The van der Waals surface area contributed by atoms with Crippen LogP contribution in [-0.4, -0.2) is 10.9 Å². The molecule has 0 radical (unpaired) electrons. The Hall–Kier alpha value is -1.62. The maximum absolute atomic E-state index is 11.1. The highest BCUT2D eigenvalue weighted by Crippen LogP contribution is 2.32. The minimum atomic E-state index is -0.488. The van der Waals surface area contributed by atoms with Gasteiger partial charge in [0, 0.05) is 11.1 Å². The predicted octanol–water partition coefficient (Wildman–Crippen LogP) is 1.93. The van der Waals surface area contributed by atoms with Gasteiger partial charge in [0.1, 0.15) is 9.71 Å². The van der Waals surface area contributed by atoms with Gasteiger partial charge >= 0.3 is 0 Å². The largest absolute Gasteiger partial charge is 0.397 e. The van der Waals surface area contributed by atoms with Gasteiger partial charge in [-0.2, -0.15) is 0 Å². The van der Waals surface area contributed by atoms with Crippen LogP contribution in [0.1, 0.15) is 28.7 Å². The van der Waals surface area contributed by atoms with Gasteiger partial charge in [-0.15, -0.1) is 11.3 Å². The zero-order chi connectivity index (χ0) is 11.7. The van der Waals surface area contributed by atoms with Gasteiger partial charge < -0.3 is 11.5 Å². The number of anilines is 1. The van der Waals surface area contributed by atoms with Crippen molar-refractivity contribution in [2.24, 2.45) is 5.73 Å². The Morgan fingerprint density at radius 2 is 2.25 bits per heavy atom. The molecule has 16 heavy (non-hydrogen) atoms. The molecule has 0 aliphatic carbocycles. The Balaban J connectivity index is 2.58. The first kappa shape index (κ1) is 10.9. The Morgan fingerprint density at radius 1 is 1.50 bits per heavy atom. The second-order valence-electron chi connectivity index (χ2n) is 3.61. The Bertz CT molecular complexity index is 547. The number of aryl methyl sites for hydroxylation is 1. The molecule has 0 aliphatic heterocycles. The summed E-state index contributed by atoms with van der Waals surface area (Å²) < 4.78 is 0. The van der Waals surface area contributed by atoms with Crippen LogP contribution in [-0.2, 0) is 6.42 Å². The van der Waals surface area contributed by atoms with Crippen LogP contribution in [0.25, 0.3) is 10.2 Å². The van der Waals surface area contributed by atoms with Crippen LogP contribution in [0.5, 0.6) is 0 Å². The molecule has 0 saturated heterocycles. The highest BCUT2D eigenvalue weighted by atomic mass is 32.1. The van der Waals surface area contributed by atoms with Gasteiger partial charge in [0.25, 0.3) is 5.91 Å². The third kappa shape index (κ3) is 1.74. The lowest BCUT2D eigenvalue weighted by Gasteiger charge is -1.97. The van der Waals surface area contributed by atoms with Crippen LogP contribution in [0.4, 0.5) is 5.69 Å². The third-order valence-corrected chi connectivity index (χ3v) is 3.51. The van der Waals surface area contributed by atoms with Gasteiger partial charge in [0.15, 0.2) is 0 Å². The molecule has 0 saturated carbocycles. The molecular formula is C11H13N3OS. The number of pyridine rings is 1. The number of nitrogens with zero attached hydrogens (tertiary/aromatic N) is 1. The van der Waals surface area contributed by atoms with Crippen LogP contribution in [0.2, 0.25) is 0 Å². The second kappa shape index (κ2) is 4.09. The summed E-state index contributed by atoms with van der Waals surface area (Å²) >= 11 is 1.26. The SMILES string of the molecule is CCCc1ccc2c(N)c(C(N)=O)sc2n1. The number of aromatic nitrogens is 1. The lowest BCUT2D eigenvalue weighted by atomic mass is 10.2. The smallest absolute Gasteiger partial charge is 0.260 e. The molecule has 84 valence electrons. The molecule has 0 fully saturated rings. The third-order valence-electron chi connectivity index (χ3n) is 2.38. The van der Waals surface area contributed by atoms with E-state index in [0.29, 0.717) is 10.6 Å². The molecule has 0 spiro atoms. The number of carbonyl (C=O) groups excluding carboxylic acids is 1. The summed E-state index contributed by atoms with van der Waals surface area (Å²) in [6.07, 6.45) is 1.97. The lowest BCUT2D eigenvalue weighted by Crippen LogP contribution is -2.10. The molecule has 5 heteroatoms. The van der Waals surface area contributed by atoms with E-state index in [4.69, 9.17) is 11.5 Å². The number of rotatable bonds is 3. The summed E-state index contributed by atoms with van der Waals surface area (Å²) in [6.45, 7) is 2.10. The number of fused-ring (bicyclic) bond motifs is 1. The average Bonchev–Trinajstić information content (AvgIpc) is 2.56. The number of nitrogen functional groups attached to an aromatic ring is 1. The van der Waals surface area contributed by atoms with Gasteiger partial charge in [0.05, 0.1) is 5.69 Å². The van der Waals surface area contributed by atoms with E-state index in [9.17, 15) is 4.79 Å². The fourth-order valence-corrected chi connectivity index (χ4v) is 2.58. The van der Waals surface area contributed by atoms with E-state index >= 15 is 0 Å². The quantitative estimate of drug-likeness (QED) is 0.852. The Labute approximate surface area is 97.3 Å². The standard InChI is InChI=1S/C11H13N3OS/c1-2-3-6-4-5-7-8(12)9(10(13)15)16-11(7)14-6/h4-5H,2-3,12H2,1H3,(H2,13,15). The monoisotopic (exact) mass is 235 g/mol. The lowest BCUT2D eigenvalue weighted by molar-refractivity contribution is 0.100. The van der Waals surface area contributed by atoms with Crippen molar-refractivity contribution in [1.29, 1.82) is 0 Å². The maximum atomic E-state index is 11.1. The molecule has 2 aromatic rings. The zero-order valence-corrected chi connectivity index (χ0v) is 9.80. The van der Waals surface area contributed by atoms with Crippen LogP contribution >= 0.6 is 11.3 Å². The van der Waals surface area contributed by atoms with Gasteiger partial charge in [0.2, 0.25) is 0 Å². The van der Waals surface area contributed by atoms with Crippen LogP contribution in [0.15, 0.2) is 12.1 Å². The molecule has 4 nitrogen and oxygen atoms in total. The number of nitrogens with two attached hydrogens (primary N) is 2. The number of primary amides is 1. The predicted molar refractivity (Wildman–Crippen MR) is 66.5 cm³/mol. The van der Waals surface area contributed by atoms with Crippen LogP contribution < -0.4 is 11.5 Å².